The van der Waals surface area contributed by atoms with Gasteiger partial charge in [-0.1, -0.05) is 36.0 Å². The first-order chi connectivity index (χ1) is 8.50. The van der Waals surface area contributed by atoms with E-state index in [4.69, 9.17) is 39.0 Å². The molecule has 0 saturated carbocycles. The molecule has 0 spiro atoms. The molecular formula is C13H18ClNO2S. The topological polar surface area (TPSA) is 44.5 Å². The lowest BCUT2D eigenvalue weighted by molar-refractivity contribution is 0.0143. The number of nitrogens with two attached hydrogens (primary N) is 1. The smallest absolute Gasteiger partial charge is 0.104 e. The second kappa shape index (κ2) is 7.69. The summed E-state index contributed by atoms with van der Waals surface area (Å²) in [6.07, 6.45) is 0.224. The van der Waals surface area contributed by atoms with E-state index in [0.29, 0.717) is 29.8 Å². The summed E-state index contributed by atoms with van der Waals surface area (Å²) < 4.78 is 10.8. The van der Waals surface area contributed by atoms with E-state index in [1.54, 1.807) is 6.07 Å². The zero-order valence-corrected chi connectivity index (χ0v) is 12.2. The largest absolute Gasteiger partial charge is 0.389 e. The van der Waals surface area contributed by atoms with Crippen LogP contribution in [0, 0.1) is 0 Å². The van der Waals surface area contributed by atoms with Gasteiger partial charge in [0.05, 0.1) is 25.9 Å². The molecule has 0 bridgehead atoms. The molecule has 0 radical (unpaired) electrons. The Balaban J connectivity index is 2.41. The van der Waals surface area contributed by atoms with Crippen molar-refractivity contribution in [2.75, 3.05) is 13.2 Å². The van der Waals surface area contributed by atoms with Crippen molar-refractivity contribution in [3.63, 3.8) is 0 Å². The predicted molar refractivity (Wildman–Crippen MR) is 78.1 cm³/mol. The summed E-state index contributed by atoms with van der Waals surface area (Å²) >= 11 is 11.0. The average molecular weight is 288 g/mol. The minimum absolute atomic E-state index is 0.224. The number of halogens is 1. The average Bonchev–Trinajstić information content (AvgIpc) is 2.29. The Kier molecular flexibility index (Phi) is 6.57. The van der Waals surface area contributed by atoms with Gasteiger partial charge < -0.3 is 15.2 Å². The van der Waals surface area contributed by atoms with Crippen molar-refractivity contribution in [3.8, 4) is 0 Å². The molecule has 0 fully saturated rings. The molecule has 5 heteroatoms. The lowest BCUT2D eigenvalue weighted by atomic mass is 10.1. The van der Waals surface area contributed by atoms with Crippen molar-refractivity contribution in [1.29, 1.82) is 0 Å². The van der Waals surface area contributed by atoms with Gasteiger partial charge in [-0.25, -0.2) is 0 Å². The van der Waals surface area contributed by atoms with Crippen LogP contribution < -0.4 is 5.73 Å². The molecule has 0 atom stereocenters. The predicted octanol–water partition coefficient (Wildman–Crippen LogP) is 2.92. The van der Waals surface area contributed by atoms with E-state index in [-0.39, 0.29) is 6.10 Å². The lowest BCUT2D eigenvalue weighted by Gasteiger charge is -2.09. The minimum Gasteiger partial charge on any atom is -0.389 e. The van der Waals surface area contributed by atoms with Crippen LogP contribution in [-0.2, 0) is 16.1 Å². The van der Waals surface area contributed by atoms with E-state index in [2.05, 4.69) is 0 Å². The number of thiocarbonyl (C=S) groups is 1. The van der Waals surface area contributed by atoms with E-state index in [1.807, 2.05) is 26.0 Å². The quantitative estimate of drug-likeness (QED) is 0.619. The molecule has 100 valence electrons. The van der Waals surface area contributed by atoms with Crippen molar-refractivity contribution < 1.29 is 9.47 Å². The molecule has 0 heterocycles. The summed E-state index contributed by atoms with van der Waals surface area (Å²) in [4.78, 5) is 0.342. The Labute approximate surface area is 118 Å². The zero-order chi connectivity index (χ0) is 13.5. The number of ether oxygens (including phenoxy) is 2. The molecule has 2 N–H and O–H groups in total. The van der Waals surface area contributed by atoms with Crippen molar-refractivity contribution in [3.05, 3.63) is 34.3 Å². The summed E-state index contributed by atoms with van der Waals surface area (Å²) in [6.45, 7) is 5.57. The van der Waals surface area contributed by atoms with Gasteiger partial charge in [0, 0.05) is 10.6 Å². The van der Waals surface area contributed by atoms with E-state index in [1.165, 1.54) is 0 Å². The van der Waals surface area contributed by atoms with E-state index >= 15 is 0 Å². The van der Waals surface area contributed by atoms with Crippen LogP contribution in [0.3, 0.4) is 0 Å². The monoisotopic (exact) mass is 287 g/mol. The van der Waals surface area contributed by atoms with Crippen LogP contribution in [0.4, 0.5) is 0 Å². The Bertz CT molecular complexity index is 410. The van der Waals surface area contributed by atoms with Gasteiger partial charge in [0.15, 0.2) is 0 Å². The van der Waals surface area contributed by atoms with Gasteiger partial charge in [0.25, 0.3) is 0 Å². The van der Waals surface area contributed by atoms with Crippen LogP contribution in [0.2, 0.25) is 5.02 Å². The first kappa shape index (κ1) is 15.4. The van der Waals surface area contributed by atoms with Gasteiger partial charge >= 0.3 is 0 Å². The molecular weight excluding hydrogens is 270 g/mol. The van der Waals surface area contributed by atoms with Crippen LogP contribution in [-0.4, -0.2) is 24.3 Å². The number of benzene rings is 1. The van der Waals surface area contributed by atoms with Gasteiger partial charge in [0.1, 0.15) is 4.99 Å². The maximum atomic E-state index is 6.11. The Morgan fingerprint density at radius 1 is 1.39 bits per heavy atom. The molecule has 0 amide bonds. The molecule has 0 aliphatic carbocycles. The summed E-state index contributed by atoms with van der Waals surface area (Å²) in [5.41, 5.74) is 7.21. The third kappa shape index (κ3) is 5.31. The van der Waals surface area contributed by atoms with Crippen LogP contribution >= 0.6 is 23.8 Å². The zero-order valence-electron chi connectivity index (χ0n) is 10.6. The maximum absolute atomic E-state index is 6.11. The standard InChI is InChI=1S/C13H18ClNO2S/c1-9(2)17-6-5-16-8-11-4-3-10(13(15)18)7-12(11)14/h3-4,7,9H,5-6,8H2,1-2H3,(H2,15,18). The van der Waals surface area contributed by atoms with Crippen molar-refractivity contribution >= 4 is 28.8 Å². The third-order valence-electron chi connectivity index (χ3n) is 2.27. The summed E-state index contributed by atoms with van der Waals surface area (Å²) in [5, 5.41) is 0.616. The highest BCUT2D eigenvalue weighted by Gasteiger charge is 2.04. The van der Waals surface area contributed by atoms with Gasteiger partial charge in [0.2, 0.25) is 0 Å². The van der Waals surface area contributed by atoms with Crippen LogP contribution in [0.5, 0.6) is 0 Å². The highest BCUT2D eigenvalue weighted by Crippen LogP contribution is 2.18. The summed E-state index contributed by atoms with van der Waals surface area (Å²) in [5.74, 6) is 0. The fourth-order valence-corrected chi connectivity index (χ4v) is 1.70. The van der Waals surface area contributed by atoms with Crippen molar-refractivity contribution in [2.24, 2.45) is 5.73 Å². The highest BCUT2D eigenvalue weighted by molar-refractivity contribution is 7.80. The van der Waals surface area contributed by atoms with Crippen molar-refractivity contribution in [2.45, 2.75) is 26.6 Å². The Morgan fingerprint density at radius 2 is 2.11 bits per heavy atom. The normalized spacial score (nSPS) is 10.9. The Hall–Kier alpha value is -0.680. The molecule has 0 aliphatic rings. The SMILES string of the molecule is CC(C)OCCOCc1ccc(C(N)=S)cc1Cl. The number of hydrogen-bond donors (Lipinski definition) is 1. The second-order valence-corrected chi connectivity index (χ2v) is 4.99. The molecule has 1 rings (SSSR count). The molecule has 0 saturated heterocycles. The van der Waals surface area contributed by atoms with Gasteiger partial charge in [-0.3, -0.25) is 0 Å². The number of rotatable bonds is 7. The van der Waals surface area contributed by atoms with Crippen molar-refractivity contribution in [1.82, 2.24) is 0 Å². The maximum Gasteiger partial charge on any atom is 0.104 e. The lowest BCUT2D eigenvalue weighted by Crippen LogP contribution is -2.10. The van der Waals surface area contributed by atoms with E-state index < -0.39 is 0 Å². The van der Waals surface area contributed by atoms with Crippen LogP contribution in [0.25, 0.3) is 0 Å². The van der Waals surface area contributed by atoms with E-state index in [0.717, 1.165) is 11.1 Å². The van der Waals surface area contributed by atoms with Crippen LogP contribution in [0.15, 0.2) is 18.2 Å². The van der Waals surface area contributed by atoms with Gasteiger partial charge in [-0.05, 0) is 25.5 Å². The van der Waals surface area contributed by atoms with Crippen LogP contribution in [0.1, 0.15) is 25.0 Å². The highest BCUT2D eigenvalue weighted by atomic mass is 35.5. The second-order valence-electron chi connectivity index (χ2n) is 4.14. The molecule has 3 nitrogen and oxygen atoms in total. The first-order valence-electron chi connectivity index (χ1n) is 5.78. The molecule has 0 aromatic heterocycles. The van der Waals surface area contributed by atoms with E-state index in [9.17, 15) is 0 Å². The molecule has 18 heavy (non-hydrogen) atoms. The first-order valence-corrected chi connectivity index (χ1v) is 6.57. The molecule has 0 unspecified atom stereocenters. The Morgan fingerprint density at radius 3 is 2.67 bits per heavy atom. The van der Waals surface area contributed by atoms with Gasteiger partial charge in [-0.15, -0.1) is 0 Å². The molecule has 0 aliphatic heterocycles. The third-order valence-corrected chi connectivity index (χ3v) is 2.86. The number of hydrogen-bond acceptors (Lipinski definition) is 3. The molecule has 1 aromatic carbocycles. The fourth-order valence-electron chi connectivity index (χ4n) is 1.34. The summed E-state index contributed by atoms with van der Waals surface area (Å²) in [7, 11) is 0. The minimum atomic E-state index is 0.224. The fraction of sp³-hybridized carbons (Fsp3) is 0.462. The molecule has 1 aromatic rings. The van der Waals surface area contributed by atoms with Gasteiger partial charge in [-0.2, -0.15) is 0 Å². The summed E-state index contributed by atoms with van der Waals surface area (Å²) in [6, 6.07) is 5.48.